The first-order chi connectivity index (χ1) is 6.74. The molecule has 0 fully saturated rings. The molecule has 0 bridgehead atoms. The molecule has 1 aromatic heterocycles. The zero-order valence-corrected chi connectivity index (χ0v) is 8.45. The molecule has 0 saturated carbocycles. The van der Waals surface area contributed by atoms with Gasteiger partial charge in [0.05, 0.1) is 16.9 Å². The van der Waals surface area contributed by atoms with Crippen LogP contribution in [-0.2, 0) is 7.05 Å². The molecule has 0 N–H and O–H groups in total. The third-order valence-corrected chi connectivity index (χ3v) is 2.40. The maximum atomic E-state index is 11.4. The second kappa shape index (κ2) is 3.42. The maximum Gasteiger partial charge on any atom is 0.212 e. The van der Waals surface area contributed by atoms with Crippen LogP contribution >= 0.6 is 11.6 Å². The van der Waals surface area contributed by atoms with Gasteiger partial charge in [0.2, 0.25) is 5.78 Å². The molecule has 0 spiro atoms. The number of hydrogen-bond donors (Lipinski definition) is 0. The van der Waals surface area contributed by atoms with Crippen LogP contribution in [0.5, 0.6) is 0 Å². The van der Waals surface area contributed by atoms with E-state index in [1.54, 1.807) is 4.57 Å². The lowest BCUT2D eigenvalue weighted by Crippen LogP contribution is -2.08. The van der Waals surface area contributed by atoms with Gasteiger partial charge in [0, 0.05) is 7.05 Å². The molecular formula is C10H9ClN2O. The number of Topliss-reactive ketones (excluding diaryl/α,β-unsaturated/α-hetero) is 1. The molecule has 4 heteroatoms. The number of imidazole rings is 1. The van der Waals surface area contributed by atoms with E-state index < -0.39 is 0 Å². The number of para-hydroxylation sites is 2. The van der Waals surface area contributed by atoms with E-state index in [9.17, 15) is 4.79 Å². The minimum Gasteiger partial charge on any atom is -0.325 e. The highest BCUT2D eigenvalue weighted by atomic mass is 35.5. The SMILES string of the molecule is Cn1c(C(=O)CCl)nc2ccccc21. The minimum atomic E-state index is -0.148. The highest BCUT2D eigenvalue weighted by Gasteiger charge is 2.13. The molecule has 2 rings (SSSR count). The van der Waals surface area contributed by atoms with E-state index in [2.05, 4.69) is 4.98 Å². The van der Waals surface area contributed by atoms with Gasteiger partial charge >= 0.3 is 0 Å². The fourth-order valence-corrected chi connectivity index (χ4v) is 1.57. The number of nitrogens with zero attached hydrogens (tertiary/aromatic N) is 2. The Morgan fingerprint density at radius 1 is 1.50 bits per heavy atom. The first-order valence-corrected chi connectivity index (χ1v) is 4.78. The summed E-state index contributed by atoms with van der Waals surface area (Å²) in [7, 11) is 1.81. The Balaban J connectivity index is 2.68. The van der Waals surface area contributed by atoms with Crippen molar-refractivity contribution in [1.82, 2.24) is 9.55 Å². The van der Waals surface area contributed by atoms with Gasteiger partial charge in [-0.2, -0.15) is 0 Å². The van der Waals surface area contributed by atoms with E-state index in [1.807, 2.05) is 31.3 Å². The van der Waals surface area contributed by atoms with Crippen LogP contribution in [0.25, 0.3) is 11.0 Å². The minimum absolute atomic E-state index is 0.0306. The average molecular weight is 209 g/mol. The Morgan fingerprint density at radius 3 is 2.86 bits per heavy atom. The maximum absolute atomic E-state index is 11.4. The lowest BCUT2D eigenvalue weighted by atomic mass is 10.3. The first kappa shape index (κ1) is 9.21. The van der Waals surface area contributed by atoms with Crippen LogP contribution in [-0.4, -0.2) is 21.2 Å². The molecule has 0 atom stereocenters. The molecule has 14 heavy (non-hydrogen) atoms. The van der Waals surface area contributed by atoms with E-state index in [1.165, 1.54) is 0 Å². The summed E-state index contributed by atoms with van der Waals surface area (Å²) in [4.78, 5) is 15.6. The number of halogens is 1. The predicted molar refractivity (Wildman–Crippen MR) is 55.8 cm³/mol. The highest BCUT2D eigenvalue weighted by Crippen LogP contribution is 2.14. The number of rotatable bonds is 2. The summed E-state index contributed by atoms with van der Waals surface area (Å²) in [5, 5.41) is 0. The molecule has 1 heterocycles. The van der Waals surface area contributed by atoms with Gasteiger partial charge in [-0.15, -0.1) is 11.6 Å². The average Bonchev–Trinajstić information content (AvgIpc) is 2.56. The van der Waals surface area contributed by atoms with Crippen molar-refractivity contribution in [3.63, 3.8) is 0 Å². The molecule has 3 nitrogen and oxygen atoms in total. The number of aromatic nitrogens is 2. The van der Waals surface area contributed by atoms with Crippen molar-refractivity contribution in [3.05, 3.63) is 30.1 Å². The number of alkyl halides is 1. The molecule has 2 aromatic rings. The molecule has 0 aliphatic heterocycles. The van der Waals surface area contributed by atoms with Crippen LogP contribution in [0.2, 0.25) is 0 Å². The van der Waals surface area contributed by atoms with Gasteiger partial charge < -0.3 is 4.57 Å². The number of hydrogen-bond acceptors (Lipinski definition) is 2. The zero-order chi connectivity index (χ0) is 10.1. The lowest BCUT2D eigenvalue weighted by Gasteiger charge is -1.97. The zero-order valence-electron chi connectivity index (χ0n) is 7.70. The Morgan fingerprint density at radius 2 is 2.21 bits per heavy atom. The summed E-state index contributed by atoms with van der Waals surface area (Å²) in [5.41, 5.74) is 1.77. The van der Waals surface area contributed by atoms with Gasteiger partial charge in [-0.1, -0.05) is 12.1 Å². The van der Waals surface area contributed by atoms with Gasteiger partial charge in [-0.25, -0.2) is 4.98 Å². The van der Waals surface area contributed by atoms with Crippen molar-refractivity contribution >= 4 is 28.4 Å². The van der Waals surface area contributed by atoms with E-state index in [0.717, 1.165) is 11.0 Å². The summed E-state index contributed by atoms with van der Waals surface area (Å²) in [5.74, 6) is 0.239. The van der Waals surface area contributed by atoms with Crippen LogP contribution < -0.4 is 0 Å². The third-order valence-electron chi connectivity index (χ3n) is 2.16. The fourth-order valence-electron chi connectivity index (χ4n) is 1.45. The highest BCUT2D eigenvalue weighted by molar-refractivity contribution is 6.30. The Bertz CT molecular complexity index is 490. The number of carbonyl (C=O) groups excluding carboxylic acids is 1. The van der Waals surface area contributed by atoms with Crippen LogP contribution in [0.15, 0.2) is 24.3 Å². The number of aryl methyl sites for hydroxylation is 1. The van der Waals surface area contributed by atoms with Crippen molar-refractivity contribution in [1.29, 1.82) is 0 Å². The van der Waals surface area contributed by atoms with Crippen LogP contribution in [0.1, 0.15) is 10.6 Å². The van der Waals surface area contributed by atoms with Gasteiger partial charge in [-0.05, 0) is 12.1 Å². The van der Waals surface area contributed by atoms with Crippen molar-refractivity contribution in [2.45, 2.75) is 0 Å². The van der Waals surface area contributed by atoms with Crippen LogP contribution in [0.4, 0.5) is 0 Å². The molecule has 0 radical (unpaired) electrons. The Hall–Kier alpha value is -1.35. The van der Waals surface area contributed by atoms with Crippen molar-refractivity contribution in [2.24, 2.45) is 7.05 Å². The molecule has 0 unspecified atom stereocenters. The van der Waals surface area contributed by atoms with Gasteiger partial charge in [-0.3, -0.25) is 4.79 Å². The summed E-state index contributed by atoms with van der Waals surface area (Å²) in [6.07, 6.45) is 0. The second-order valence-electron chi connectivity index (χ2n) is 3.04. The molecule has 0 saturated heterocycles. The monoisotopic (exact) mass is 208 g/mol. The number of benzene rings is 1. The predicted octanol–water partition coefficient (Wildman–Crippen LogP) is 1.99. The van der Waals surface area contributed by atoms with Crippen molar-refractivity contribution < 1.29 is 4.79 Å². The largest absolute Gasteiger partial charge is 0.325 e. The van der Waals surface area contributed by atoms with Crippen LogP contribution in [0, 0.1) is 0 Å². The summed E-state index contributed by atoms with van der Waals surface area (Å²) in [6, 6.07) is 7.61. The fraction of sp³-hybridized carbons (Fsp3) is 0.200. The van der Waals surface area contributed by atoms with Crippen molar-refractivity contribution in [3.8, 4) is 0 Å². The quantitative estimate of drug-likeness (QED) is 0.559. The molecule has 1 aromatic carbocycles. The first-order valence-electron chi connectivity index (χ1n) is 4.24. The molecule has 72 valence electrons. The summed E-state index contributed by atoms with van der Waals surface area (Å²) >= 11 is 5.48. The van der Waals surface area contributed by atoms with Gasteiger partial charge in [0.25, 0.3) is 0 Å². The third kappa shape index (κ3) is 1.30. The van der Waals surface area contributed by atoms with E-state index in [4.69, 9.17) is 11.6 Å². The van der Waals surface area contributed by atoms with E-state index in [-0.39, 0.29) is 11.7 Å². The topological polar surface area (TPSA) is 34.9 Å². The van der Waals surface area contributed by atoms with Gasteiger partial charge in [0.1, 0.15) is 0 Å². The molecule has 0 amide bonds. The molecular weight excluding hydrogens is 200 g/mol. The Labute approximate surface area is 86.3 Å². The molecule has 0 aliphatic carbocycles. The number of fused-ring (bicyclic) bond motifs is 1. The summed E-state index contributed by atoms with van der Waals surface area (Å²) in [6.45, 7) is 0. The normalized spacial score (nSPS) is 10.7. The molecule has 0 aliphatic rings. The Kier molecular flexibility index (Phi) is 2.25. The second-order valence-corrected chi connectivity index (χ2v) is 3.31. The van der Waals surface area contributed by atoms with E-state index >= 15 is 0 Å². The smallest absolute Gasteiger partial charge is 0.212 e. The van der Waals surface area contributed by atoms with Crippen LogP contribution in [0.3, 0.4) is 0 Å². The number of carbonyl (C=O) groups is 1. The standard InChI is InChI=1S/C10H9ClN2O/c1-13-8-5-3-2-4-7(8)12-10(13)9(14)6-11/h2-5H,6H2,1H3. The summed E-state index contributed by atoms with van der Waals surface area (Å²) < 4.78 is 1.76. The number of ketones is 1. The lowest BCUT2D eigenvalue weighted by molar-refractivity contribution is 0.100. The van der Waals surface area contributed by atoms with Gasteiger partial charge in [0.15, 0.2) is 5.82 Å². The van der Waals surface area contributed by atoms with Crippen molar-refractivity contribution in [2.75, 3.05) is 5.88 Å². The van der Waals surface area contributed by atoms with E-state index in [0.29, 0.717) is 5.82 Å².